The number of aromatic nitrogens is 3. The summed E-state index contributed by atoms with van der Waals surface area (Å²) in [5, 5.41) is 4.65. The average Bonchev–Trinajstić information content (AvgIpc) is 3.19. The second-order valence-corrected chi connectivity index (χ2v) is 9.21. The molecule has 1 fully saturated rings. The first-order valence-corrected chi connectivity index (χ1v) is 12.5. The lowest BCUT2D eigenvalue weighted by molar-refractivity contribution is -0.123. The number of hydrogen-bond acceptors (Lipinski definition) is 5. The van der Waals surface area contributed by atoms with Crippen LogP contribution in [0.25, 0.3) is 5.82 Å². The van der Waals surface area contributed by atoms with Crippen LogP contribution in [0.2, 0.25) is 0 Å². The molecule has 0 aromatic carbocycles. The fourth-order valence-electron chi connectivity index (χ4n) is 3.95. The van der Waals surface area contributed by atoms with Gasteiger partial charge in [-0.25, -0.2) is 14.5 Å². The van der Waals surface area contributed by atoms with Crippen molar-refractivity contribution in [3.8, 4) is 5.82 Å². The third kappa shape index (κ3) is 5.45. The SMILES string of the molecule is CCOC(=O)c1cn(-c2ccc(CI)cn2)nc1N(C(=O)C1CCC(C)CC1)C(C)C. The number of hydrogen-bond donors (Lipinski definition) is 0. The fraction of sp³-hybridized carbons (Fsp3) is 0.565. The van der Waals surface area contributed by atoms with Gasteiger partial charge in [0.25, 0.3) is 0 Å². The van der Waals surface area contributed by atoms with Gasteiger partial charge in [0.15, 0.2) is 11.6 Å². The standard InChI is InChI=1S/C23H31IN4O3/c1-5-31-23(30)19-14-27(20-11-8-17(12-24)13-25-20)26-21(19)28(15(2)3)22(29)18-9-6-16(4)7-10-18/h8,11,13-16,18H,5-7,9-10,12H2,1-4H3. The lowest BCUT2D eigenvalue weighted by atomic mass is 9.82. The lowest BCUT2D eigenvalue weighted by Crippen LogP contribution is -2.43. The third-order valence-electron chi connectivity index (χ3n) is 5.74. The summed E-state index contributed by atoms with van der Waals surface area (Å²) in [7, 11) is 0. The van der Waals surface area contributed by atoms with Gasteiger partial charge in [-0.15, -0.1) is 5.10 Å². The number of ether oxygens (including phenoxy) is 1. The molecule has 1 saturated carbocycles. The molecule has 1 amide bonds. The van der Waals surface area contributed by atoms with Crippen molar-refractivity contribution in [1.82, 2.24) is 14.8 Å². The number of anilines is 1. The van der Waals surface area contributed by atoms with Gasteiger partial charge in [-0.1, -0.05) is 35.6 Å². The molecule has 0 N–H and O–H groups in total. The number of nitrogens with zero attached hydrogens (tertiary/aromatic N) is 4. The van der Waals surface area contributed by atoms with Gasteiger partial charge in [0.2, 0.25) is 5.91 Å². The van der Waals surface area contributed by atoms with Crippen molar-refractivity contribution < 1.29 is 14.3 Å². The molecule has 8 heteroatoms. The summed E-state index contributed by atoms with van der Waals surface area (Å²) < 4.78 is 7.69. The van der Waals surface area contributed by atoms with Crippen LogP contribution in [0.4, 0.5) is 5.82 Å². The number of esters is 1. The van der Waals surface area contributed by atoms with Gasteiger partial charge in [-0.05, 0) is 64.0 Å². The van der Waals surface area contributed by atoms with Gasteiger partial charge in [-0.3, -0.25) is 9.69 Å². The molecule has 0 unspecified atom stereocenters. The highest BCUT2D eigenvalue weighted by molar-refractivity contribution is 14.1. The number of alkyl halides is 1. The average molecular weight is 538 g/mol. The predicted octanol–water partition coefficient (Wildman–Crippen LogP) is 4.95. The maximum Gasteiger partial charge on any atom is 0.343 e. The molecule has 0 radical (unpaired) electrons. The monoisotopic (exact) mass is 538 g/mol. The predicted molar refractivity (Wildman–Crippen MR) is 129 cm³/mol. The van der Waals surface area contributed by atoms with Gasteiger partial charge >= 0.3 is 5.97 Å². The van der Waals surface area contributed by atoms with Crippen molar-refractivity contribution in [2.45, 2.75) is 63.8 Å². The summed E-state index contributed by atoms with van der Waals surface area (Å²) >= 11 is 2.28. The van der Waals surface area contributed by atoms with E-state index in [0.29, 0.717) is 17.6 Å². The molecule has 1 aliphatic carbocycles. The zero-order chi connectivity index (χ0) is 22.5. The van der Waals surface area contributed by atoms with Gasteiger partial charge in [0.1, 0.15) is 5.56 Å². The number of carbonyl (C=O) groups is 2. The Morgan fingerprint density at radius 2 is 1.97 bits per heavy atom. The second kappa shape index (κ2) is 10.6. The van der Waals surface area contributed by atoms with Crippen LogP contribution >= 0.6 is 22.6 Å². The summed E-state index contributed by atoms with van der Waals surface area (Å²) in [5.74, 6) is 1.10. The molecule has 0 bridgehead atoms. The number of amides is 1. The summed E-state index contributed by atoms with van der Waals surface area (Å²) in [5.41, 5.74) is 1.39. The molecule has 2 heterocycles. The Bertz CT molecular complexity index is 902. The molecular weight excluding hydrogens is 507 g/mol. The largest absolute Gasteiger partial charge is 0.462 e. The second-order valence-electron chi connectivity index (χ2n) is 8.45. The molecule has 168 valence electrons. The molecule has 7 nitrogen and oxygen atoms in total. The highest BCUT2D eigenvalue weighted by Crippen LogP contribution is 2.32. The van der Waals surface area contributed by atoms with Crippen molar-refractivity contribution in [2.75, 3.05) is 11.5 Å². The fourth-order valence-corrected chi connectivity index (χ4v) is 4.40. The Kier molecular flexibility index (Phi) is 8.07. The molecule has 1 aliphatic rings. The van der Waals surface area contributed by atoms with E-state index in [4.69, 9.17) is 4.74 Å². The summed E-state index contributed by atoms with van der Waals surface area (Å²) in [6, 6.07) is 3.70. The van der Waals surface area contributed by atoms with Crippen LogP contribution in [0.1, 0.15) is 69.3 Å². The van der Waals surface area contributed by atoms with Crippen LogP contribution in [-0.2, 0) is 14.0 Å². The molecule has 2 aromatic heterocycles. The van der Waals surface area contributed by atoms with Crippen LogP contribution in [0.5, 0.6) is 0 Å². The van der Waals surface area contributed by atoms with Crippen molar-refractivity contribution >= 4 is 40.3 Å². The van der Waals surface area contributed by atoms with Crippen molar-refractivity contribution in [1.29, 1.82) is 0 Å². The summed E-state index contributed by atoms with van der Waals surface area (Å²) in [4.78, 5) is 32.4. The molecular formula is C23H31IN4O3. The van der Waals surface area contributed by atoms with Crippen LogP contribution in [0.3, 0.4) is 0 Å². The number of pyridine rings is 1. The molecule has 3 rings (SSSR count). The van der Waals surface area contributed by atoms with E-state index in [2.05, 4.69) is 39.6 Å². The first-order valence-electron chi connectivity index (χ1n) is 11.0. The summed E-state index contributed by atoms with van der Waals surface area (Å²) in [6.07, 6.45) is 7.26. The Balaban J connectivity index is 2.01. The molecule has 31 heavy (non-hydrogen) atoms. The van der Waals surface area contributed by atoms with Crippen LogP contribution < -0.4 is 4.90 Å². The van der Waals surface area contributed by atoms with Crippen LogP contribution in [0.15, 0.2) is 24.5 Å². The van der Waals surface area contributed by atoms with E-state index < -0.39 is 5.97 Å². The Hall–Kier alpha value is -1.97. The summed E-state index contributed by atoms with van der Waals surface area (Å²) in [6.45, 7) is 8.15. The minimum atomic E-state index is -0.483. The first-order chi connectivity index (χ1) is 14.8. The smallest absolute Gasteiger partial charge is 0.343 e. The van der Waals surface area contributed by atoms with E-state index in [1.165, 1.54) is 0 Å². The third-order valence-corrected chi connectivity index (χ3v) is 6.62. The van der Waals surface area contributed by atoms with Crippen molar-refractivity contribution in [3.05, 3.63) is 35.7 Å². The van der Waals surface area contributed by atoms with Gasteiger partial charge in [0.05, 0.1) is 6.61 Å². The minimum Gasteiger partial charge on any atom is -0.462 e. The van der Waals surface area contributed by atoms with Gasteiger partial charge in [0, 0.05) is 28.8 Å². The van der Waals surface area contributed by atoms with E-state index in [1.54, 1.807) is 28.9 Å². The van der Waals surface area contributed by atoms with E-state index in [-0.39, 0.29) is 30.0 Å². The number of carbonyl (C=O) groups excluding carboxylic acids is 2. The molecule has 0 atom stereocenters. The minimum absolute atomic E-state index is 0.0333. The normalized spacial score (nSPS) is 18.8. The first kappa shape index (κ1) is 23.7. The van der Waals surface area contributed by atoms with Gasteiger partial charge in [-0.2, -0.15) is 0 Å². The number of halogens is 1. The zero-order valence-corrected chi connectivity index (χ0v) is 20.8. The van der Waals surface area contributed by atoms with E-state index in [9.17, 15) is 9.59 Å². The van der Waals surface area contributed by atoms with Crippen molar-refractivity contribution in [3.63, 3.8) is 0 Å². The lowest BCUT2D eigenvalue weighted by Gasteiger charge is -2.32. The van der Waals surface area contributed by atoms with E-state index in [0.717, 1.165) is 35.7 Å². The highest BCUT2D eigenvalue weighted by atomic mass is 127. The topological polar surface area (TPSA) is 77.3 Å². The Labute approximate surface area is 197 Å². The van der Waals surface area contributed by atoms with Crippen molar-refractivity contribution in [2.24, 2.45) is 11.8 Å². The Morgan fingerprint density at radius 1 is 1.26 bits per heavy atom. The highest BCUT2D eigenvalue weighted by Gasteiger charge is 2.34. The molecule has 2 aromatic rings. The van der Waals surface area contributed by atoms with Gasteiger partial charge < -0.3 is 4.74 Å². The van der Waals surface area contributed by atoms with E-state index >= 15 is 0 Å². The number of rotatable bonds is 7. The maximum absolute atomic E-state index is 13.5. The maximum atomic E-state index is 13.5. The quantitative estimate of drug-likeness (QED) is 0.284. The molecule has 0 spiro atoms. The van der Waals surface area contributed by atoms with Crippen LogP contribution in [0, 0.1) is 11.8 Å². The Morgan fingerprint density at radius 3 is 2.52 bits per heavy atom. The molecule has 0 saturated heterocycles. The van der Waals surface area contributed by atoms with Crippen LogP contribution in [-0.4, -0.2) is 39.3 Å². The van der Waals surface area contributed by atoms with E-state index in [1.807, 2.05) is 26.0 Å². The zero-order valence-electron chi connectivity index (χ0n) is 18.7. The molecule has 0 aliphatic heterocycles.